The monoisotopic (exact) mass is 225 g/mol. The van der Waals surface area contributed by atoms with Crippen LogP contribution in [0.3, 0.4) is 0 Å². The normalized spacial score (nSPS) is 27.2. The Morgan fingerprint density at radius 2 is 2.08 bits per heavy atom. The third-order valence-electron chi connectivity index (χ3n) is 0.963. The zero-order chi connectivity index (χ0) is 8.97. The molecule has 0 aliphatic carbocycles. The van der Waals surface area contributed by atoms with E-state index in [0.717, 1.165) is 0 Å². The Morgan fingerprint density at radius 1 is 1.50 bits per heavy atom. The molecule has 3 N–H and O–H groups in total. The standard InChI is InChI=1S/C4H10N3O2P3/c1-3(2)4(8)9-12-6-10-5-11-7-12/h5-7,10-11H,1H2,2H3. The van der Waals surface area contributed by atoms with Crippen LogP contribution in [-0.2, 0) is 9.32 Å². The van der Waals surface area contributed by atoms with Crippen LogP contribution in [0.4, 0.5) is 0 Å². The molecular weight excluding hydrogens is 215 g/mol. The topological polar surface area (TPSA) is 62.4 Å². The Balaban J connectivity index is 2.29. The quantitative estimate of drug-likeness (QED) is 0.485. The summed E-state index contributed by atoms with van der Waals surface area (Å²) in [6.07, 6.45) is 0. The van der Waals surface area contributed by atoms with Crippen molar-refractivity contribution < 1.29 is 9.32 Å². The molecule has 0 aromatic heterocycles. The molecule has 1 aliphatic heterocycles. The minimum Gasteiger partial charge on any atom is -0.410 e. The first-order valence-corrected chi connectivity index (χ1v) is 6.40. The van der Waals surface area contributed by atoms with E-state index >= 15 is 0 Å². The smallest absolute Gasteiger partial charge is 0.337 e. The highest BCUT2D eigenvalue weighted by molar-refractivity contribution is 7.71. The van der Waals surface area contributed by atoms with Gasteiger partial charge in [-0.25, -0.2) is 14.5 Å². The Labute approximate surface area is 75.8 Å². The first-order chi connectivity index (χ1) is 5.70. The van der Waals surface area contributed by atoms with Gasteiger partial charge in [0.15, 0.2) is 0 Å². The van der Waals surface area contributed by atoms with E-state index in [1.54, 1.807) is 6.92 Å². The molecule has 0 aromatic carbocycles. The van der Waals surface area contributed by atoms with Gasteiger partial charge >= 0.3 is 5.97 Å². The maximum atomic E-state index is 11.0. The van der Waals surface area contributed by atoms with Crippen LogP contribution in [0.15, 0.2) is 12.2 Å². The van der Waals surface area contributed by atoms with E-state index < -0.39 is 8.45 Å². The first-order valence-electron chi connectivity index (χ1n) is 3.14. The lowest BCUT2D eigenvalue weighted by atomic mass is 10.4. The predicted octanol–water partition coefficient (Wildman–Crippen LogP) is 1.13. The van der Waals surface area contributed by atoms with Gasteiger partial charge < -0.3 is 4.52 Å². The highest BCUT2D eigenvalue weighted by Gasteiger charge is 2.17. The molecule has 0 radical (unpaired) electrons. The number of rotatable bonds is 2. The van der Waals surface area contributed by atoms with Gasteiger partial charge in [-0.05, 0) is 6.92 Å². The zero-order valence-electron chi connectivity index (χ0n) is 6.47. The highest BCUT2D eigenvalue weighted by Crippen LogP contribution is 2.40. The summed E-state index contributed by atoms with van der Waals surface area (Å²) >= 11 is 0. The molecule has 1 heterocycles. The van der Waals surface area contributed by atoms with Gasteiger partial charge in [0.1, 0.15) is 0 Å². The SMILES string of the molecule is C=C(C)C(=O)OP1NPNPN1. The first kappa shape index (κ1) is 10.5. The summed E-state index contributed by atoms with van der Waals surface area (Å²) in [6, 6.07) is 0. The van der Waals surface area contributed by atoms with Crippen LogP contribution in [0.1, 0.15) is 6.92 Å². The summed E-state index contributed by atoms with van der Waals surface area (Å²) in [5.41, 5.74) is 0.422. The van der Waals surface area contributed by atoms with Crippen molar-refractivity contribution in [1.29, 1.82) is 0 Å². The van der Waals surface area contributed by atoms with Crippen LogP contribution in [-0.4, -0.2) is 5.97 Å². The second-order valence-corrected chi connectivity index (χ2v) is 6.11. The molecule has 1 rings (SSSR count). The van der Waals surface area contributed by atoms with E-state index in [4.69, 9.17) is 4.52 Å². The molecule has 1 fully saturated rings. The molecule has 0 bridgehead atoms. The molecule has 68 valence electrons. The van der Waals surface area contributed by atoms with Crippen molar-refractivity contribution in [2.75, 3.05) is 0 Å². The van der Waals surface area contributed by atoms with E-state index in [0.29, 0.717) is 23.3 Å². The van der Waals surface area contributed by atoms with Crippen LogP contribution < -0.4 is 14.6 Å². The molecule has 2 unspecified atom stereocenters. The van der Waals surface area contributed by atoms with Gasteiger partial charge in [0, 0.05) is 23.3 Å². The average Bonchev–Trinajstić information content (AvgIpc) is 2.06. The zero-order valence-corrected chi connectivity index (χ0v) is 9.37. The van der Waals surface area contributed by atoms with Crippen molar-refractivity contribution in [3.05, 3.63) is 12.2 Å². The third kappa shape index (κ3) is 3.40. The molecule has 1 aliphatic rings. The van der Waals surface area contributed by atoms with Gasteiger partial charge in [-0.1, -0.05) is 6.58 Å². The molecule has 8 heteroatoms. The molecule has 2 atom stereocenters. The van der Waals surface area contributed by atoms with Crippen LogP contribution in [0.25, 0.3) is 0 Å². The van der Waals surface area contributed by atoms with Crippen LogP contribution in [0.5, 0.6) is 0 Å². The Bertz CT molecular complexity index is 194. The Morgan fingerprint density at radius 3 is 2.58 bits per heavy atom. The molecule has 0 aromatic rings. The molecular formula is C4H10N3O2P3. The van der Waals surface area contributed by atoms with E-state index in [1.165, 1.54) is 0 Å². The number of nitrogens with one attached hydrogen (secondary N) is 3. The predicted molar refractivity (Wildman–Crippen MR) is 53.9 cm³/mol. The second kappa shape index (κ2) is 5.18. The fourth-order valence-electron chi connectivity index (χ4n) is 0.423. The van der Waals surface area contributed by atoms with Gasteiger partial charge in [0.25, 0.3) is 8.45 Å². The van der Waals surface area contributed by atoms with Gasteiger partial charge in [-0.15, -0.1) is 0 Å². The van der Waals surface area contributed by atoms with E-state index in [2.05, 4.69) is 21.2 Å². The van der Waals surface area contributed by atoms with Crippen LogP contribution >= 0.6 is 26.2 Å². The highest BCUT2D eigenvalue weighted by atomic mass is 31.2. The summed E-state index contributed by atoms with van der Waals surface area (Å²) in [7, 11) is -0.0980. The van der Waals surface area contributed by atoms with E-state index in [1.807, 2.05) is 0 Å². The lowest BCUT2D eigenvalue weighted by Crippen LogP contribution is -2.19. The molecule has 12 heavy (non-hydrogen) atoms. The minimum absolute atomic E-state index is 0.349. The summed E-state index contributed by atoms with van der Waals surface area (Å²) < 4.78 is 5.03. The van der Waals surface area contributed by atoms with E-state index in [9.17, 15) is 4.79 Å². The van der Waals surface area contributed by atoms with Crippen molar-refractivity contribution >= 4 is 32.2 Å². The lowest BCUT2D eigenvalue weighted by molar-refractivity contribution is -0.129. The van der Waals surface area contributed by atoms with Crippen molar-refractivity contribution in [1.82, 2.24) is 14.6 Å². The molecule has 1 saturated heterocycles. The third-order valence-corrected chi connectivity index (χ3v) is 4.83. The van der Waals surface area contributed by atoms with Crippen molar-refractivity contribution in [3.63, 3.8) is 0 Å². The summed E-state index contributed by atoms with van der Waals surface area (Å²) in [4.78, 5) is 20.1. The Kier molecular flexibility index (Phi) is 4.52. The van der Waals surface area contributed by atoms with Crippen molar-refractivity contribution in [2.45, 2.75) is 6.92 Å². The van der Waals surface area contributed by atoms with Crippen LogP contribution in [0.2, 0.25) is 0 Å². The molecule has 0 amide bonds. The number of hydrogen-bond acceptors (Lipinski definition) is 5. The molecule has 0 saturated carbocycles. The minimum atomic E-state index is -0.992. The number of carbonyl (C=O) groups excluding carboxylic acids is 1. The van der Waals surface area contributed by atoms with E-state index in [-0.39, 0.29) is 5.97 Å². The molecule has 0 spiro atoms. The summed E-state index contributed by atoms with van der Waals surface area (Å²) in [6.45, 7) is 5.12. The fourth-order valence-corrected chi connectivity index (χ4v) is 4.35. The largest absolute Gasteiger partial charge is 0.410 e. The van der Waals surface area contributed by atoms with Crippen molar-refractivity contribution in [3.8, 4) is 0 Å². The van der Waals surface area contributed by atoms with Gasteiger partial charge in [0.2, 0.25) is 0 Å². The van der Waals surface area contributed by atoms with Gasteiger partial charge in [-0.3, -0.25) is 4.86 Å². The van der Waals surface area contributed by atoms with Gasteiger partial charge in [0.05, 0.1) is 0 Å². The fraction of sp³-hybridized carbons (Fsp3) is 0.250. The Hall–Kier alpha value is 0.380. The summed E-state index contributed by atoms with van der Waals surface area (Å²) in [5, 5.41) is 0. The second-order valence-electron chi connectivity index (χ2n) is 2.05. The van der Waals surface area contributed by atoms with Gasteiger partial charge in [-0.2, -0.15) is 0 Å². The lowest BCUT2D eigenvalue weighted by Gasteiger charge is -2.23. The maximum Gasteiger partial charge on any atom is 0.337 e. The number of carbonyl (C=O) groups is 1. The number of hydrogen-bond donors (Lipinski definition) is 3. The average molecular weight is 225 g/mol. The molecule has 5 nitrogen and oxygen atoms in total. The summed E-state index contributed by atoms with van der Waals surface area (Å²) in [5.74, 6) is -0.349. The maximum absolute atomic E-state index is 11.0. The van der Waals surface area contributed by atoms with Crippen LogP contribution in [0, 0.1) is 0 Å². The van der Waals surface area contributed by atoms with Crippen molar-refractivity contribution in [2.24, 2.45) is 0 Å².